The third-order valence-electron chi connectivity index (χ3n) is 5.17. The van der Waals surface area contributed by atoms with Crippen molar-refractivity contribution in [1.29, 1.82) is 0 Å². The van der Waals surface area contributed by atoms with Gasteiger partial charge in [-0.2, -0.15) is 0 Å². The highest BCUT2D eigenvalue weighted by Gasteiger charge is 2.32. The Morgan fingerprint density at radius 1 is 1.21 bits per heavy atom. The maximum atomic E-state index is 12.1. The summed E-state index contributed by atoms with van der Waals surface area (Å²) in [5, 5.41) is 3.60. The lowest BCUT2D eigenvalue weighted by atomic mass is 10.1. The highest BCUT2D eigenvalue weighted by Crippen LogP contribution is 2.42. The maximum Gasteiger partial charge on any atom is 0.253 e. The molecule has 1 aliphatic heterocycles. The van der Waals surface area contributed by atoms with Gasteiger partial charge in [-0.3, -0.25) is 4.79 Å². The van der Waals surface area contributed by atoms with E-state index in [2.05, 4.69) is 22.3 Å². The monoisotopic (exact) mass is 386 g/mol. The molecule has 0 spiro atoms. The number of nitrogens with zero attached hydrogens (tertiary/aromatic N) is 2. The van der Waals surface area contributed by atoms with E-state index in [1.807, 2.05) is 25.3 Å². The van der Waals surface area contributed by atoms with Crippen LogP contribution in [-0.2, 0) is 23.1 Å². The molecule has 7 heteroatoms. The number of ether oxygens (including phenoxy) is 2. The maximum absolute atomic E-state index is 12.1. The number of aryl methyl sites for hydroxylation is 2. The van der Waals surface area contributed by atoms with Crippen LogP contribution in [0.15, 0.2) is 35.3 Å². The minimum atomic E-state index is -0.0789. The number of fused-ring (bicyclic) bond motifs is 1. The van der Waals surface area contributed by atoms with Gasteiger partial charge in [0.2, 0.25) is 0 Å². The molecule has 1 atom stereocenters. The van der Waals surface area contributed by atoms with Crippen molar-refractivity contribution in [2.45, 2.75) is 19.6 Å². The molecule has 0 radical (unpaired) electrons. The van der Waals surface area contributed by atoms with Crippen LogP contribution in [0.4, 0.5) is 11.4 Å². The topological polar surface area (TPSA) is 81.8 Å². The second kappa shape index (κ2) is 8.77. The summed E-state index contributed by atoms with van der Waals surface area (Å²) in [6, 6.07) is 8.21. The van der Waals surface area contributed by atoms with Crippen LogP contribution in [0.2, 0.25) is 0 Å². The molecule has 0 amide bonds. The summed E-state index contributed by atoms with van der Waals surface area (Å²) >= 11 is 0. The molecule has 0 aliphatic carbocycles. The average molecular weight is 386 g/mol. The van der Waals surface area contributed by atoms with Gasteiger partial charge in [0, 0.05) is 57.6 Å². The number of pyridine rings is 1. The standard InChI is InChI=1S/C21H30N4O3/c1-14-7-17(11-24(2)21(14)26)20-23-18-6-5-15(9-22)8-19(18)25(20)10-16(12-27-3)13-28-4/h5-8,11,16,20,23H,9-10,12-13,22H2,1-4H3. The van der Waals surface area contributed by atoms with Gasteiger partial charge < -0.3 is 30.0 Å². The van der Waals surface area contributed by atoms with Gasteiger partial charge in [0.15, 0.2) is 0 Å². The van der Waals surface area contributed by atoms with Gasteiger partial charge in [0.05, 0.1) is 24.6 Å². The molecule has 1 aromatic carbocycles. The van der Waals surface area contributed by atoms with Crippen LogP contribution >= 0.6 is 0 Å². The van der Waals surface area contributed by atoms with Crippen molar-refractivity contribution in [2.24, 2.45) is 18.7 Å². The summed E-state index contributed by atoms with van der Waals surface area (Å²) in [7, 11) is 5.20. The first-order chi connectivity index (χ1) is 13.5. The van der Waals surface area contributed by atoms with Crippen molar-refractivity contribution in [3.8, 4) is 0 Å². The Morgan fingerprint density at radius 3 is 2.54 bits per heavy atom. The van der Waals surface area contributed by atoms with Crippen LogP contribution in [0, 0.1) is 12.8 Å². The van der Waals surface area contributed by atoms with Gasteiger partial charge in [-0.1, -0.05) is 6.07 Å². The minimum absolute atomic E-state index is 0.0212. The zero-order chi connectivity index (χ0) is 20.3. The van der Waals surface area contributed by atoms with Crippen LogP contribution in [0.5, 0.6) is 0 Å². The first kappa shape index (κ1) is 20.4. The van der Waals surface area contributed by atoms with Crippen LogP contribution in [0.3, 0.4) is 0 Å². The van der Waals surface area contributed by atoms with Crippen LogP contribution in [0.25, 0.3) is 0 Å². The van der Waals surface area contributed by atoms with E-state index in [4.69, 9.17) is 15.2 Å². The predicted molar refractivity (Wildman–Crippen MR) is 112 cm³/mol. The van der Waals surface area contributed by atoms with Crippen molar-refractivity contribution in [2.75, 3.05) is 44.2 Å². The molecule has 2 aromatic rings. The van der Waals surface area contributed by atoms with Gasteiger partial charge in [0.25, 0.3) is 5.56 Å². The van der Waals surface area contributed by atoms with Crippen molar-refractivity contribution in [1.82, 2.24) is 4.57 Å². The van der Waals surface area contributed by atoms with E-state index in [1.165, 1.54) is 0 Å². The summed E-state index contributed by atoms with van der Waals surface area (Å²) in [4.78, 5) is 14.5. The molecule has 7 nitrogen and oxygen atoms in total. The van der Waals surface area contributed by atoms with E-state index in [1.54, 1.807) is 25.8 Å². The number of nitrogens with two attached hydrogens (primary N) is 1. The Morgan fingerprint density at radius 2 is 1.93 bits per heavy atom. The Balaban J connectivity index is 2.02. The Labute approximate surface area is 166 Å². The number of rotatable bonds is 8. The van der Waals surface area contributed by atoms with Crippen molar-refractivity contribution < 1.29 is 9.47 Å². The fourth-order valence-corrected chi connectivity index (χ4v) is 3.86. The number of benzene rings is 1. The smallest absolute Gasteiger partial charge is 0.253 e. The number of anilines is 2. The molecular weight excluding hydrogens is 356 g/mol. The molecular formula is C21H30N4O3. The molecule has 1 aliphatic rings. The zero-order valence-corrected chi connectivity index (χ0v) is 17.1. The van der Waals surface area contributed by atoms with Crippen molar-refractivity contribution in [3.63, 3.8) is 0 Å². The Bertz CT molecular complexity index is 848. The van der Waals surface area contributed by atoms with Gasteiger partial charge in [-0.25, -0.2) is 0 Å². The fraction of sp³-hybridized carbons (Fsp3) is 0.476. The number of methoxy groups -OCH3 is 2. The lowest BCUT2D eigenvalue weighted by molar-refractivity contribution is 0.0870. The lowest BCUT2D eigenvalue weighted by Gasteiger charge is -2.31. The Kier molecular flexibility index (Phi) is 6.39. The van der Waals surface area contributed by atoms with Gasteiger partial charge in [-0.15, -0.1) is 0 Å². The molecule has 1 unspecified atom stereocenters. The number of aromatic nitrogens is 1. The number of nitrogens with one attached hydrogen (secondary N) is 1. The van der Waals surface area contributed by atoms with E-state index in [-0.39, 0.29) is 17.6 Å². The summed E-state index contributed by atoms with van der Waals surface area (Å²) in [5.74, 6) is 0.209. The molecule has 0 fully saturated rings. The van der Waals surface area contributed by atoms with Gasteiger partial charge >= 0.3 is 0 Å². The lowest BCUT2D eigenvalue weighted by Crippen LogP contribution is -2.36. The van der Waals surface area contributed by atoms with E-state index < -0.39 is 0 Å². The zero-order valence-electron chi connectivity index (χ0n) is 17.1. The summed E-state index contributed by atoms with van der Waals surface area (Å²) in [6.07, 6.45) is 1.82. The highest BCUT2D eigenvalue weighted by atomic mass is 16.5. The van der Waals surface area contributed by atoms with E-state index in [0.29, 0.717) is 19.8 Å². The first-order valence-corrected chi connectivity index (χ1v) is 9.49. The Hall–Kier alpha value is -2.35. The number of hydrogen-bond acceptors (Lipinski definition) is 6. The van der Waals surface area contributed by atoms with Crippen molar-refractivity contribution in [3.05, 3.63) is 57.5 Å². The van der Waals surface area contributed by atoms with Crippen LogP contribution in [-0.4, -0.2) is 38.5 Å². The molecule has 0 saturated carbocycles. The predicted octanol–water partition coefficient (Wildman–Crippen LogP) is 1.99. The average Bonchev–Trinajstić information content (AvgIpc) is 3.03. The molecule has 3 N–H and O–H groups in total. The summed E-state index contributed by atoms with van der Waals surface area (Å²) < 4.78 is 12.4. The molecule has 0 saturated heterocycles. The normalized spacial score (nSPS) is 15.8. The molecule has 0 bridgehead atoms. The molecule has 152 valence electrons. The fourth-order valence-electron chi connectivity index (χ4n) is 3.86. The minimum Gasteiger partial charge on any atom is -0.384 e. The van der Waals surface area contributed by atoms with Gasteiger partial charge in [0.1, 0.15) is 6.17 Å². The quantitative estimate of drug-likeness (QED) is 0.722. The van der Waals surface area contributed by atoms with E-state index in [0.717, 1.165) is 34.6 Å². The second-order valence-electron chi connectivity index (χ2n) is 7.40. The van der Waals surface area contributed by atoms with Crippen LogP contribution in [0.1, 0.15) is 22.9 Å². The SMILES string of the molecule is COCC(COC)CN1c2cc(CN)ccc2NC1c1cc(C)c(=O)n(C)c1. The first-order valence-electron chi connectivity index (χ1n) is 9.49. The molecule has 3 rings (SSSR count). The third-order valence-corrected chi connectivity index (χ3v) is 5.17. The number of hydrogen-bond donors (Lipinski definition) is 2. The van der Waals surface area contributed by atoms with Crippen molar-refractivity contribution >= 4 is 11.4 Å². The second-order valence-corrected chi connectivity index (χ2v) is 7.40. The summed E-state index contributed by atoms with van der Waals surface area (Å²) in [6.45, 7) is 4.31. The largest absolute Gasteiger partial charge is 0.384 e. The third kappa shape index (κ3) is 4.06. The molecule has 28 heavy (non-hydrogen) atoms. The van der Waals surface area contributed by atoms with Gasteiger partial charge in [-0.05, 0) is 30.7 Å². The molecule has 2 heterocycles. The van der Waals surface area contributed by atoms with E-state index >= 15 is 0 Å². The summed E-state index contributed by atoms with van der Waals surface area (Å²) in [5.41, 5.74) is 10.9. The molecule has 1 aromatic heterocycles. The highest BCUT2D eigenvalue weighted by molar-refractivity contribution is 5.77. The van der Waals surface area contributed by atoms with Crippen LogP contribution < -0.4 is 21.5 Å². The van der Waals surface area contributed by atoms with E-state index in [9.17, 15) is 4.79 Å².